The summed E-state index contributed by atoms with van der Waals surface area (Å²) in [6.45, 7) is 1.89. The van der Waals surface area contributed by atoms with E-state index in [4.69, 9.17) is 10.9 Å². The molecule has 3 aromatic rings. The SMILES string of the molecule is Cc1ccc(C(N)=NO)c(Sc2nc3ccccc3[nH]2)n1. The number of pyridine rings is 1. The number of hydrogen-bond donors (Lipinski definition) is 3. The molecule has 2 heterocycles. The second kappa shape index (κ2) is 5.45. The number of rotatable bonds is 3. The Morgan fingerprint density at radius 2 is 2.05 bits per heavy atom. The Morgan fingerprint density at radius 1 is 1.24 bits per heavy atom. The highest BCUT2D eigenvalue weighted by Crippen LogP contribution is 2.28. The van der Waals surface area contributed by atoms with Gasteiger partial charge in [-0.3, -0.25) is 0 Å². The van der Waals surface area contributed by atoms with E-state index in [2.05, 4.69) is 20.1 Å². The van der Waals surface area contributed by atoms with Crippen LogP contribution < -0.4 is 5.73 Å². The smallest absolute Gasteiger partial charge is 0.172 e. The predicted molar refractivity (Wildman–Crippen MR) is 81.7 cm³/mol. The summed E-state index contributed by atoms with van der Waals surface area (Å²) < 4.78 is 0. The highest BCUT2D eigenvalue weighted by atomic mass is 32.2. The van der Waals surface area contributed by atoms with Crippen LogP contribution in [0.1, 0.15) is 11.3 Å². The molecule has 0 aliphatic carbocycles. The second-order valence-electron chi connectivity index (χ2n) is 4.45. The molecule has 0 fully saturated rings. The Morgan fingerprint density at radius 3 is 2.81 bits per heavy atom. The van der Waals surface area contributed by atoms with Crippen molar-refractivity contribution >= 4 is 28.6 Å². The average molecular weight is 299 g/mol. The van der Waals surface area contributed by atoms with E-state index in [0.29, 0.717) is 15.7 Å². The molecule has 0 unspecified atom stereocenters. The van der Waals surface area contributed by atoms with Crippen molar-refractivity contribution in [3.8, 4) is 0 Å². The molecule has 0 amide bonds. The van der Waals surface area contributed by atoms with Crippen LogP contribution in [0.2, 0.25) is 0 Å². The summed E-state index contributed by atoms with van der Waals surface area (Å²) in [6.07, 6.45) is 0. The van der Waals surface area contributed by atoms with Crippen molar-refractivity contribution in [2.75, 3.05) is 0 Å². The van der Waals surface area contributed by atoms with E-state index in [1.54, 1.807) is 6.07 Å². The van der Waals surface area contributed by atoms with E-state index >= 15 is 0 Å². The standard InChI is InChI=1S/C14H13N5OS/c1-8-6-7-9(12(15)19-20)13(16-8)21-14-17-10-4-2-3-5-11(10)18-14/h2-7,20H,1H3,(H2,15,19)(H,17,18). The first-order chi connectivity index (χ1) is 10.2. The highest BCUT2D eigenvalue weighted by Gasteiger charge is 2.13. The number of fused-ring (bicyclic) bond motifs is 1. The first-order valence-corrected chi connectivity index (χ1v) is 7.07. The summed E-state index contributed by atoms with van der Waals surface area (Å²) in [5.74, 6) is 0.0288. The van der Waals surface area contributed by atoms with Gasteiger partial charge in [-0.1, -0.05) is 17.3 Å². The molecule has 6 nitrogen and oxygen atoms in total. The van der Waals surface area contributed by atoms with E-state index in [-0.39, 0.29) is 5.84 Å². The number of amidine groups is 1. The molecule has 0 aliphatic rings. The number of hydrogen-bond acceptors (Lipinski definition) is 5. The van der Waals surface area contributed by atoms with Gasteiger partial charge in [-0.05, 0) is 43.0 Å². The number of benzene rings is 1. The first-order valence-electron chi connectivity index (χ1n) is 6.25. The van der Waals surface area contributed by atoms with Crippen LogP contribution in [0.3, 0.4) is 0 Å². The number of aromatic amines is 1. The maximum atomic E-state index is 8.86. The molecule has 0 aliphatic heterocycles. The van der Waals surface area contributed by atoms with Crippen LogP contribution >= 0.6 is 11.8 Å². The van der Waals surface area contributed by atoms with E-state index in [1.807, 2.05) is 37.3 Å². The third-order valence-corrected chi connectivity index (χ3v) is 3.84. The molecule has 4 N–H and O–H groups in total. The number of nitrogens with one attached hydrogen (secondary N) is 1. The lowest BCUT2D eigenvalue weighted by Crippen LogP contribution is -2.15. The number of nitrogens with zero attached hydrogens (tertiary/aromatic N) is 3. The molecule has 0 atom stereocenters. The van der Waals surface area contributed by atoms with Gasteiger partial charge in [-0.25, -0.2) is 9.97 Å². The Kier molecular flexibility index (Phi) is 3.49. The largest absolute Gasteiger partial charge is 0.409 e. The molecule has 106 valence electrons. The normalized spacial score (nSPS) is 12.0. The van der Waals surface area contributed by atoms with Gasteiger partial charge in [0.05, 0.1) is 16.6 Å². The minimum atomic E-state index is 0.0288. The Bertz CT molecular complexity index is 794. The fourth-order valence-electron chi connectivity index (χ4n) is 1.93. The number of imidazole rings is 1. The maximum absolute atomic E-state index is 8.86. The zero-order valence-electron chi connectivity index (χ0n) is 11.2. The molecule has 0 saturated carbocycles. The van der Waals surface area contributed by atoms with Crippen molar-refractivity contribution in [3.05, 3.63) is 47.7 Å². The number of aryl methyl sites for hydroxylation is 1. The van der Waals surface area contributed by atoms with Gasteiger partial charge in [0.1, 0.15) is 5.03 Å². The fourth-order valence-corrected chi connectivity index (χ4v) is 2.89. The fraction of sp³-hybridized carbons (Fsp3) is 0.0714. The summed E-state index contributed by atoms with van der Waals surface area (Å²) in [4.78, 5) is 12.1. The van der Waals surface area contributed by atoms with Crippen LogP contribution in [-0.2, 0) is 0 Å². The molecule has 7 heteroatoms. The van der Waals surface area contributed by atoms with Crippen LogP contribution in [0.4, 0.5) is 0 Å². The molecular formula is C14H13N5OS. The van der Waals surface area contributed by atoms with Crippen LogP contribution in [0.15, 0.2) is 51.7 Å². The lowest BCUT2D eigenvalue weighted by molar-refractivity contribution is 0.318. The third-order valence-electron chi connectivity index (χ3n) is 2.94. The topological polar surface area (TPSA) is 100 Å². The molecule has 3 rings (SSSR count). The minimum Gasteiger partial charge on any atom is -0.409 e. The van der Waals surface area contributed by atoms with Crippen molar-refractivity contribution in [2.45, 2.75) is 17.1 Å². The van der Waals surface area contributed by atoms with Gasteiger partial charge in [-0.15, -0.1) is 0 Å². The van der Waals surface area contributed by atoms with Crippen molar-refractivity contribution in [1.29, 1.82) is 0 Å². The van der Waals surface area contributed by atoms with Gasteiger partial charge in [0.15, 0.2) is 11.0 Å². The van der Waals surface area contributed by atoms with Crippen LogP contribution in [0.25, 0.3) is 11.0 Å². The Labute approximate surface area is 125 Å². The highest BCUT2D eigenvalue weighted by molar-refractivity contribution is 7.99. The van der Waals surface area contributed by atoms with Crippen LogP contribution in [0, 0.1) is 6.92 Å². The van der Waals surface area contributed by atoms with Gasteiger partial charge in [0.2, 0.25) is 0 Å². The van der Waals surface area contributed by atoms with Gasteiger partial charge < -0.3 is 15.9 Å². The van der Waals surface area contributed by atoms with E-state index in [1.165, 1.54) is 11.8 Å². The van der Waals surface area contributed by atoms with Gasteiger partial charge in [0.25, 0.3) is 0 Å². The summed E-state index contributed by atoms with van der Waals surface area (Å²) in [7, 11) is 0. The predicted octanol–water partition coefficient (Wildman–Crippen LogP) is 2.51. The van der Waals surface area contributed by atoms with E-state index in [9.17, 15) is 0 Å². The Hall–Kier alpha value is -2.54. The summed E-state index contributed by atoms with van der Waals surface area (Å²) in [6, 6.07) is 11.4. The van der Waals surface area contributed by atoms with Crippen molar-refractivity contribution in [2.24, 2.45) is 10.9 Å². The number of aromatic nitrogens is 3. The van der Waals surface area contributed by atoms with Gasteiger partial charge in [0, 0.05) is 5.69 Å². The monoisotopic (exact) mass is 299 g/mol. The lowest BCUT2D eigenvalue weighted by Gasteiger charge is -2.06. The molecule has 2 aromatic heterocycles. The zero-order chi connectivity index (χ0) is 14.8. The first kappa shape index (κ1) is 13.4. The quantitative estimate of drug-likeness (QED) is 0.298. The van der Waals surface area contributed by atoms with Gasteiger partial charge in [-0.2, -0.15) is 0 Å². The van der Waals surface area contributed by atoms with Crippen molar-refractivity contribution in [1.82, 2.24) is 15.0 Å². The van der Waals surface area contributed by atoms with Crippen molar-refractivity contribution in [3.63, 3.8) is 0 Å². The number of para-hydroxylation sites is 2. The van der Waals surface area contributed by atoms with Crippen LogP contribution in [-0.4, -0.2) is 26.0 Å². The molecule has 0 radical (unpaired) electrons. The minimum absolute atomic E-state index is 0.0288. The van der Waals surface area contributed by atoms with E-state index < -0.39 is 0 Å². The summed E-state index contributed by atoms with van der Waals surface area (Å²) >= 11 is 1.35. The second-order valence-corrected chi connectivity index (χ2v) is 5.43. The Balaban J connectivity index is 2.02. The summed E-state index contributed by atoms with van der Waals surface area (Å²) in [5, 5.41) is 13.3. The molecule has 21 heavy (non-hydrogen) atoms. The van der Waals surface area contributed by atoms with Crippen molar-refractivity contribution < 1.29 is 5.21 Å². The molecule has 0 spiro atoms. The number of nitrogens with two attached hydrogens (primary N) is 1. The third kappa shape index (κ3) is 2.68. The molecular weight excluding hydrogens is 286 g/mol. The summed E-state index contributed by atoms with van der Waals surface area (Å²) in [5.41, 5.74) is 8.96. The number of oxime groups is 1. The van der Waals surface area contributed by atoms with Gasteiger partial charge >= 0.3 is 0 Å². The molecule has 0 bridgehead atoms. The van der Waals surface area contributed by atoms with Crippen LogP contribution in [0.5, 0.6) is 0 Å². The zero-order valence-corrected chi connectivity index (χ0v) is 12.1. The number of H-pyrrole nitrogens is 1. The molecule has 1 aromatic carbocycles. The maximum Gasteiger partial charge on any atom is 0.172 e. The average Bonchev–Trinajstić information content (AvgIpc) is 2.89. The molecule has 0 saturated heterocycles. The van der Waals surface area contributed by atoms with E-state index in [0.717, 1.165) is 16.7 Å². The lowest BCUT2D eigenvalue weighted by atomic mass is 10.2.